The second kappa shape index (κ2) is 5.86. The van der Waals surface area contributed by atoms with Crippen LogP contribution in [0.1, 0.15) is 58.8 Å². The lowest BCUT2D eigenvalue weighted by molar-refractivity contribution is -0.105. The Morgan fingerprint density at radius 1 is 1.33 bits per heavy atom. The molecule has 0 aromatic rings. The maximum absolute atomic E-state index is 10.3. The Kier molecular flexibility index (Phi) is 5.07. The molecule has 2 heteroatoms. The van der Waals surface area contributed by atoms with E-state index in [9.17, 15) is 5.11 Å². The molecule has 15 heavy (non-hydrogen) atoms. The summed E-state index contributed by atoms with van der Waals surface area (Å²) in [4.78, 5) is 0. The van der Waals surface area contributed by atoms with E-state index in [1.165, 1.54) is 25.7 Å². The van der Waals surface area contributed by atoms with E-state index in [1.54, 1.807) is 7.11 Å². The van der Waals surface area contributed by atoms with Crippen molar-refractivity contribution in [1.82, 2.24) is 0 Å². The van der Waals surface area contributed by atoms with E-state index in [0.717, 1.165) is 19.3 Å². The van der Waals surface area contributed by atoms with E-state index in [-0.39, 0.29) is 11.7 Å². The lowest BCUT2D eigenvalue weighted by Crippen LogP contribution is -2.42. The molecule has 0 heterocycles. The summed E-state index contributed by atoms with van der Waals surface area (Å²) < 4.78 is 5.59. The van der Waals surface area contributed by atoms with E-state index in [2.05, 4.69) is 13.8 Å². The van der Waals surface area contributed by atoms with Gasteiger partial charge in [0, 0.05) is 7.11 Å². The first kappa shape index (κ1) is 13.0. The monoisotopic (exact) mass is 214 g/mol. The number of hydrogen-bond acceptors (Lipinski definition) is 2. The number of methoxy groups -OCH3 is 1. The van der Waals surface area contributed by atoms with Crippen molar-refractivity contribution in [2.75, 3.05) is 7.11 Å². The van der Waals surface area contributed by atoms with E-state index < -0.39 is 0 Å². The Morgan fingerprint density at radius 2 is 1.93 bits per heavy atom. The molecule has 90 valence electrons. The van der Waals surface area contributed by atoms with Crippen LogP contribution in [0.2, 0.25) is 0 Å². The summed E-state index contributed by atoms with van der Waals surface area (Å²) in [7, 11) is 1.75. The third-order valence-corrected chi connectivity index (χ3v) is 3.87. The molecule has 1 aliphatic carbocycles. The Morgan fingerprint density at radius 3 is 2.40 bits per heavy atom. The molecular weight excluding hydrogens is 188 g/mol. The Bertz CT molecular complexity index is 173. The van der Waals surface area contributed by atoms with Crippen LogP contribution >= 0.6 is 0 Å². The third kappa shape index (κ3) is 3.18. The van der Waals surface area contributed by atoms with Crippen LogP contribution in [0.5, 0.6) is 0 Å². The molecular formula is C13H26O2. The first-order valence-corrected chi connectivity index (χ1v) is 6.38. The molecule has 0 bridgehead atoms. The number of ether oxygens (including phenoxy) is 1. The van der Waals surface area contributed by atoms with Crippen LogP contribution < -0.4 is 0 Å². The predicted octanol–water partition coefficient (Wildman–Crippen LogP) is 3.13. The van der Waals surface area contributed by atoms with Crippen molar-refractivity contribution in [2.45, 2.75) is 70.5 Å². The Balaban J connectivity index is 2.46. The Hall–Kier alpha value is -0.0800. The fourth-order valence-corrected chi connectivity index (χ4v) is 2.85. The molecule has 0 aliphatic heterocycles. The second-order valence-electron chi connectivity index (χ2n) is 5.12. The van der Waals surface area contributed by atoms with Crippen LogP contribution in [0, 0.1) is 5.92 Å². The molecule has 1 saturated carbocycles. The highest BCUT2D eigenvalue weighted by Crippen LogP contribution is 2.37. The highest BCUT2D eigenvalue weighted by molar-refractivity contribution is 4.93. The first-order chi connectivity index (χ1) is 7.14. The minimum absolute atomic E-state index is 0.220. The fraction of sp³-hybridized carbons (Fsp3) is 1.00. The van der Waals surface area contributed by atoms with Crippen molar-refractivity contribution < 1.29 is 9.84 Å². The van der Waals surface area contributed by atoms with Crippen LogP contribution in [0.3, 0.4) is 0 Å². The van der Waals surface area contributed by atoms with E-state index >= 15 is 0 Å². The number of aliphatic hydroxyl groups excluding tert-OH is 1. The largest absolute Gasteiger partial charge is 0.390 e. The van der Waals surface area contributed by atoms with Gasteiger partial charge in [-0.1, -0.05) is 39.5 Å². The molecule has 0 saturated heterocycles. The summed E-state index contributed by atoms with van der Waals surface area (Å²) in [5.74, 6) is 0.609. The van der Waals surface area contributed by atoms with Gasteiger partial charge in [0.25, 0.3) is 0 Å². The van der Waals surface area contributed by atoms with Gasteiger partial charge in [0.15, 0.2) is 0 Å². The van der Waals surface area contributed by atoms with Crippen molar-refractivity contribution in [3.63, 3.8) is 0 Å². The van der Waals surface area contributed by atoms with Crippen molar-refractivity contribution in [3.8, 4) is 0 Å². The van der Waals surface area contributed by atoms with Gasteiger partial charge in [0.05, 0.1) is 11.7 Å². The second-order valence-corrected chi connectivity index (χ2v) is 5.12. The third-order valence-electron chi connectivity index (χ3n) is 3.87. The summed E-state index contributed by atoms with van der Waals surface area (Å²) in [6.07, 6.45) is 7.49. The van der Waals surface area contributed by atoms with Gasteiger partial charge >= 0.3 is 0 Å². The standard InChI is InChI=1S/C13H26O2/c1-4-7-11(2)10-12(14)13(15-3)8-5-6-9-13/h11-12,14H,4-10H2,1-3H3. The molecule has 0 aromatic carbocycles. The Labute approximate surface area is 94.0 Å². The first-order valence-electron chi connectivity index (χ1n) is 6.38. The maximum atomic E-state index is 10.3. The molecule has 1 N–H and O–H groups in total. The zero-order valence-electron chi connectivity index (χ0n) is 10.5. The summed E-state index contributed by atoms with van der Waals surface area (Å²) >= 11 is 0. The molecule has 1 aliphatic rings. The van der Waals surface area contributed by atoms with Crippen LogP contribution in [-0.4, -0.2) is 23.9 Å². The molecule has 0 amide bonds. The zero-order chi connectivity index (χ0) is 11.3. The van der Waals surface area contributed by atoms with Gasteiger partial charge in [-0.05, 0) is 25.2 Å². The van der Waals surface area contributed by atoms with Crippen molar-refractivity contribution in [2.24, 2.45) is 5.92 Å². The minimum Gasteiger partial charge on any atom is -0.390 e. The highest BCUT2D eigenvalue weighted by atomic mass is 16.5. The zero-order valence-corrected chi connectivity index (χ0v) is 10.5. The molecule has 0 aromatic heterocycles. The van der Waals surface area contributed by atoms with Gasteiger partial charge in [0.2, 0.25) is 0 Å². The number of hydrogen-bond donors (Lipinski definition) is 1. The maximum Gasteiger partial charge on any atom is 0.0936 e. The molecule has 1 fully saturated rings. The van der Waals surface area contributed by atoms with Crippen molar-refractivity contribution in [3.05, 3.63) is 0 Å². The average molecular weight is 214 g/mol. The quantitative estimate of drug-likeness (QED) is 0.736. The van der Waals surface area contributed by atoms with Crippen LogP contribution in [0.4, 0.5) is 0 Å². The molecule has 2 unspecified atom stereocenters. The fourth-order valence-electron chi connectivity index (χ4n) is 2.85. The summed E-state index contributed by atoms with van der Waals surface area (Å²) in [5.41, 5.74) is -0.220. The summed E-state index contributed by atoms with van der Waals surface area (Å²) in [6.45, 7) is 4.43. The normalized spacial score (nSPS) is 24.0. The molecule has 0 spiro atoms. The van der Waals surface area contributed by atoms with Gasteiger partial charge in [-0.3, -0.25) is 0 Å². The van der Waals surface area contributed by atoms with Gasteiger partial charge < -0.3 is 9.84 Å². The number of aliphatic hydroxyl groups is 1. The summed E-state index contributed by atoms with van der Waals surface area (Å²) in [5, 5.41) is 10.3. The smallest absolute Gasteiger partial charge is 0.0936 e. The highest BCUT2D eigenvalue weighted by Gasteiger charge is 2.40. The minimum atomic E-state index is -0.272. The molecule has 0 radical (unpaired) electrons. The molecule has 2 atom stereocenters. The number of rotatable bonds is 6. The van der Waals surface area contributed by atoms with E-state index in [1.807, 2.05) is 0 Å². The average Bonchev–Trinajstić information content (AvgIpc) is 2.67. The molecule has 2 nitrogen and oxygen atoms in total. The van der Waals surface area contributed by atoms with Crippen molar-refractivity contribution in [1.29, 1.82) is 0 Å². The lowest BCUT2D eigenvalue weighted by Gasteiger charge is -2.34. The van der Waals surface area contributed by atoms with E-state index in [0.29, 0.717) is 5.92 Å². The predicted molar refractivity (Wildman–Crippen MR) is 62.9 cm³/mol. The van der Waals surface area contributed by atoms with Crippen LogP contribution in [0.15, 0.2) is 0 Å². The van der Waals surface area contributed by atoms with Gasteiger partial charge in [-0.25, -0.2) is 0 Å². The van der Waals surface area contributed by atoms with Gasteiger partial charge in [-0.15, -0.1) is 0 Å². The summed E-state index contributed by atoms with van der Waals surface area (Å²) in [6, 6.07) is 0. The van der Waals surface area contributed by atoms with E-state index in [4.69, 9.17) is 4.74 Å². The molecule has 1 rings (SSSR count). The van der Waals surface area contributed by atoms with Crippen molar-refractivity contribution >= 4 is 0 Å². The topological polar surface area (TPSA) is 29.5 Å². The van der Waals surface area contributed by atoms with Gasteiger partial charge in [0.1, 0.15) is 0 Å². The SMILES string of the molecule is CCCC(C)CC(O)C1(OC)CCCC1. The lowest BCUT2D eigenvalue weighted by atomic mass is 9.86. The van der Waals surface area contributed by atoms with Gasteiger partial charge in [-0.2, -0.15) is 0 Å². The van der Waals surface area contributed by atoms with Crippen LogP contribution in [0.25, 0.3) is 0 Å². The van der Waals surface area contributed by atoms with Crippen LogP contribution in [-0.2, 0) is 4.74 Å².